The predicted molar refractivity (Wildman–Crippen MR) is 104 cm³/mol. The molecule has 2 aromatic carbocycles. The first-order chi connectivity index (χ1) is 12.7. The summed E-state index contributed by atoms with van der Waals surface area (Å²) in [5, 5.41) is 15.3. The van der Waals surface area contributed by atoms with E-state index in [1.807, 2.05) is 54.7 Å². The van der Waals surface area contributed by atoms with E-state index in [1.54, 1.807) is 12.4 Å². The van der Waals surface area contributed by atoms with Crippen LogP contribution in [0.5, 0.6) is 5.75 Å². The third-order valence-electron chi connectivity index (χ3n) is 4.44. The number of hydrogen-bond acceptors (Lipinski definition) is 4. The Morgan fingerprint density at radius 3 is 2.65 bits per heavy atom. The Kier molecular flexibility index (Phi) is 4.23. The van der Waals surface area contributed by atoms with Crippen molar-refractivity contribution in [3.8, 4) is 5.75 Å². The molecule has 0 saturated heterocycles. The van der Waals surface area contributed by atoms with Crippen LogP contribution in [0.3, 0.4) is 0 Å². The largest absolute Gasteiger partial charge is 0.505 e. The van der Waals surface area contributed by atoms with Gasteiger partial charge in [0.1, 0.15) is 11.3 Å². The summed E-state index contributed by atoms with van der Waals surface area (Å²) in [5.41, 5.74) is 4.50. The van der Waals surface area contributed by atoms with Gasteiger partial charge in [0.2, 0.25) is 0 Å². The molecule has 2 heterocycles. The highest BCUT2D eigenvalue weighted by molar-refractivity contribution is 5.86. The van der Waals surface area contributed by atoms with E-state index < -0.39 is 0 Å². The number of pyridine rings is 2. The van der Waals surface area contributed by atoms with Crippen LogP contribution < -0.4 is 5.32 Å². The lowest BCUT2D eigenvalue weighted by molar-refractivity contribution is 0.471. The minimum Gasteiger partial charge on any atom is -0.505 e. The Morgan fingerprint density at radius 2 is 1.85 bits per heavy atom. The Balaban J connectivity index is 1.84. The molecule has 0 aliphatic carbocycles. The molecular formula is C22H19N3O. The van der Waals surface area contributed by atoms with Crippen molar-refractivity contribution >= 4 is 16.6 Å². The molecule has 0 saturated carbocycles. The highest BCUT2D eigenvalue weighted by Crippen LogP contribution is 2.36. The van der Waals surface area contributed by atoms with Crippen molar-refractivity contribution in [3.05, 3.63) is 95.9 Å². The molecule has 0 radical (unpaired) electrons. The van der Waals surface area contributed by atoms with E-state index in [0.717, 1.165) is 22.2 Å². The maximum absolute atomic E-state index is 10.9. The van der Waals surface area contributed by atoms with E-state index in [4.69, 9.17) is 0 Å². The molecule has 0 spiro atoms. The molecule has 4 heteroatoms. The van der Waals surface area contributed by atoms with Crippen molar-refractivity contribution in [1.29, 1.82) is 0 Å². The van der Waals surface area contributed by atoms with Gasteiger partial charge in [0.25, 0.3) is 0 Å². The smallest absolute Gasteiger partial charge is 0.147 e. The number of aromatic hydroxyl groups is 1. The Labute approximate surface area is 152 Å². The third kappa shape index (κ3) is 3.09. The molecule has 2 N–H and O–H groups in total. The molecule has 128 valence electrons. The van der Waals surface area contributed by atoms with E-state index in [2.05, 4.69) is 34.3 Å². The Bertz CT molecular complexity index is 1050. The van der Waals surface area contributed by atoms with Gasteiger partial charge in [-0.15, -0.1) is 0 Å². The Morgan fingerprint density at radius 1 is 0.962 bits per heavy atom. The molecule has 0 aliphatic rings. The molecule has 0 amide bonds. The van der Waals surface area contributed by atoms with E-state index in [-0.39, 0.29) is 11.8 Å². The normalized spacial score (nSPS) is 12.0. The molecule has 0 bridgehead atoms. The van der Waals surface area contributed by atoms with E-state index in [9.17, 15) is 5.11 Å². The summed E-state index contributed by atoms with van der Waals surface area (Å²) in [5.74, 6) is 0.192. The third-order valence-corrected chi connectivity index (χ3v) is 4.44. The van der Waals surface area contributed by atoms with Gasteiger partial charge in [0.15, 0.2) is 0 Å². The van der Waals surface area contributed by atoms with E-state index in [1.165, 1.54) is 5.56 Å². The molecule has 1 atom stereocenters. The fourth-order valence-corrected chi connectivity index (χ4v) is 3.17. The highest BCUT2D eigenvalue weighted by atomic mass is 16.3. The Hall–Kier alpha value is -3.40. The van der Waals surface area contributed by atoms with Crippen LogP contribution in [0.2, 0.25) is 0 Å². The molecule has 0 aliphatic heterocycles. The maximum Gasteiger partial charge on any atom is 0.147 e. The predicted octanol–water partition coefficient (Wildman–Crippen LogP) is 4.85. The average molecular weight is 341 g/mol. The van der Waals surface area contributed by atoms with Gasteiger partial charge >= 0.3 is 0 Å². The molecule has 4 aromatic rings. The number of rotatable bonds is 4. The zero-order valence-corrected chi connectivity index (χ0v) is 14.4. The fourth-order valence-electron chi connectivity index (χ4n) is 3.17. The number of anilines is 1. The summed E-state index contributed by atoms with van der Waals surface area (Å²) in [6.07, 6.45) is 5.25. The van der Waals surface area contributed by atoms with E-state index in [0.29, 0.717) is 5.52 Å². The van der Waals surface area contributed by atoms with E-state index >= 15 is 0 Å². The first-order valence-electron chi connectivity index (χ1n) is 8.52. The second kappa shape index (κ2) is 6.84. The number of phenolic OH excluding ortho intramolecular Hbond substituents is 1. The van der Waals surface area contributed by atoms with Crippen LogP contribution in [0, 0.1) is 6.92 Å². The summed E-state index contributed by atoms with van der Waals surface area (Å²) in [6.45, 7) is 2.06. The molecule has 2 aromatic heterocycles. The molecule has 1 unspecified atom stereocenters. The number of benzene rings is 2. The SMILES string of the molecule is Cc1cccc(NC(c2cccnc2)c2ccc3cccnc3c2O)c1. The van der Waals surface area contributed by atoms with Crippen LogP contribution in [-0.4, -0.2) is 15.1 Å². The zero-order valence-electron chi connectivity index (χ0n) is 14.4. The summed E-state index contributed by atoms with van der Waals surface area (Å²) in [6, 6.07) is 19.6. The standard InChI is InChI=1S/C22H19N3O/c1-15-5-2-8-18(13-15)25-20(17-7-3-11-23-14-17)19-10-9-16-6-4-12-24-21(16)22(19)26/h2-14,20,25-26H,1H3. The first kappa shape index (κ1) is 16.1. The monoisotopic (exact) mass is 341 g/mol. The van der Waals surface area contributed by atoms with Crippen molar-refractivity contribution in [1.82, 2.24) is 9.97 Å². The summed E-state index contributed by atoms with van der Waals surface area (Å²) in [7, 11) is 0. The number of phenols is 1. The summed E-state index contributed by atoms with van der Waals surface area (Å²) < 4.78 is 0. The van der Waals surface area contributed by atoms with Crippen LogP contribution in [-0.2, 0) is 0 Å². The van der Waals surface area contributed by atoms with Gasteiger partial charge in [-0.3, -0.25) is 9.97 Å². The molecule has 26 heavy (non-hydrogen) atoms. The fraction of sp³-hybridized carbons (Fsp3) is 0.0909. The quantitative estimate of drug-likeness (QED) is 0.557. The average Bonchev–Trinajstić information content (AvgIpc) is 2.68. The zero-order chi connectivity index (χ0) is 17.9. The van der Waals surface area contributed by atoms with Gasteiger partial charge in [-0.25, -0.2) is 0 Å². The van der Waals surface area contributed by atoms with Crippen molar-refractivity contribution < 1.29 is 5.11 Å². The molecule has 4 nitrogen and oxygen atoms in total. The molecule has 4 rings (SSSR count). The van der Waals surface area contributed by atoms with Gasteiger partial charge in [-0.1, -0.05) is 36.4 Å². The van der Waals surface area contributed by atoms with Crippen LogP contribution in [0.1, 0.15) is 22.7 Å². The van der Waals surface area contributed by atoms with Crippen LogP contribution >= 0.6 is 0 Å². The lowest BCUT2D eigenvalue weighted by Gasteiger charge is -2.22. The second-order valence-electron chi connectivity index (χ2n) is 6.31. The van der Waals surface area contributed by atoms with Crippen LogP contribution in [0.15, 0.2) is 79.3 Å². The number of fused-ring (bicyclic) bond motifs is 1. The number of aryl methyl sites for hydroxylation is 1. The number of nitrogens with zero attached hydrogens (tertiary/aromatic N) is 2. The highest BCUT2D eigenvalue weighted by Gasteiger charge is 2.20. The van der Waals surface area contributed by atoms with Crippen molar-refractivity contribution in [2.75, 3.05) is 5.32 Å². The lowest BCUT2D eigenvalue weighted by atomic mass is 9.97. The second-order valence-corrected chi connectivity index (χ2v) is 6.31. The number of nitrogens with one attached hydrogen (secondary N) is 1. The molecule has 0 fully saturated rings. The minimum atomic E-state index is -0.239. The van der Waals surface area contributed by atoms with Gasteiger partial charge in [-0.2, -0.15) is 0 Å². The van der Waals surface area contributed by atoms with Crippen LogP contribution in [0.25, 0.3) is 10.9 Å². The summed E-state index contributed by atoms with van der Waals surface area (Å²) >= 11 is 0. The first-order valence-corrected chi connectivity index (χ1v) is 8.52. The van der Waals surface area contributed by atoms with Crippen LogP contribution in [0.4, 0.5) is 5.69 Å². The van der Waals surface area contributed by atoms with Crippen molar-refractivity contribution in [2.24, 2.45) is 0 Å². The topological polar surface area (TPSA) is 58.0 Å². The van der Waals surface area contributed by atoms with Gasteiger partial charge in [0.05, 0.1) is 6.04 Å². The number of aromatic nitrogens is 2. The van der Waals surface area contributed by atoms with Crippen molar-refractivity contribution in [2.45, 2.75) is 13.0 Å². The van der Waals surface area contributed by atoms with Crippen molar-refractivity contribution in [3.63, 3.8) is 0 Å². The van der Waals surface area contributed by atoms with Gasteiger partial charge < -0.3 is 10.4 Å². The molecular weight excluding hydrogens is 322 g/mol. The van der Waals surface area contributed by atoms with Gasteiger partial charge in [0, 0.05) is 35.2 Å². The summed E-state index contributed by atoms with van der Waals surface area (Å²) in [4.78, 5) is 8.59. The minimum absolute atomic E-state index is 0.192. The van der Waals surface area contributed by atoms with Gasteiger partial charge in [-0.05, 0) is 42.3 Å². The lowest BCUT2D eigenvalue weighted by Crippen LogP contribution is -2.13. The number of hydrogen-bond donors (Lipinski definition) is 2. The maximum atomic E-state index is 10.9.